The molecule has 0 aliphatic carbocycles. The van der Waals surface area contributed by atoms with E-state index in [-0.39, 0.29) is 11.5 Å². The summed E-state index contributed by atoms with van der Waals surface area (Å²) in [7, 11) is 0. The Morgan fingerprint density at radius 1 is 1.38 bits per heavy atom. The third kappa shape index (κ3) is 3.91. The molecule has 2 aliphatic heterocycles. The lowest BCUT2D eigenvalue weighted by molar-refractivity contribution is -0.137. The molecule has 0 saturated carbocycles. The lowest BCUT2D eigenvalue weighted by Gasteiger charge is -2.43. The number of hydrogen-bond acceptors (Lipinski definition) is 3. The van der Waals surface area contributed by atoms with Crippen molar-refractivity contribution in [3.05, 3.63) is 34.3 Å². The van der Waals surface area contributed by atoms with Crippen LogP contribution in [-0.4, -0.2) is 29.5 Å². The maximum Gasteiger partial charge on any atom is 0.140 e. The van der Waals surface area contributed by atoms with Crippen molar-refractivity contribution < 1.29 is 9.53 Å². The molecule has 1 unspecified atom stereocenters. The molecule has 2 fully saturated rings. The molecular formula is C17H21BrO2S. The highest BCUT2D eigenvalue weighted by molar-refractivity contribution is 9.10. The van der Waals surface area contributed by atoms with Crippen LogP contribution in [0.1, 0.15) is 31.2 Å². The Morgan fingerprint density at radius 3 is 2.95 bits per heavy atom. The molecule has 3 rings (SSSR count). The molecular weight excluding hydrogens is 348 g/mol. The number of carbonyl (C=O) groups is 1. The summed E-state index contributed by atoms with van der Waals surface area (Å²) in [6, 6.07) is 8.08. The first kappa shape index (κ1) is 15.6. The van der Waals surface area contributed by atoms with Gasteiger partial charge in [0.1, 0.15) is 5.78 Å². The Kier molecular flexibility index (Phi) is 5.07. The molecule has 0 radical (unpaired) electrons. The van der Waals surface area contributed by atoms with Crippen LogP contribution in [0.15, 0.2) is 28.7 Å². The highest BCUT2D eigenvalue weighted by atomic mass is 79.9. The molecule has 2 heterocycles. The standard InChI is InChI=1S/C17H21BrO2S/c18-15-3-1-2-13(10-15)11-16(19)14-4-7-20-17(12-14)5-8-21-9-6-17/h1-3,10,14H,4-9,11-12H2. The summed E-state index contributed by atoms with van der Waals surface area (Å²) in [6.07, 6.45) is 4.59. The van der Waals surface area contributed by atoms with E-state index in [4.69, 9.17) is 4.74 Å². The minimum atomic E-state index is 0.00109. The summed E-state index contributed by atoms with van der Waals surface area (Å²) in [6.45, 7) is 0.750. The first-order valence-electron chi connectivity index (χ1n) is 7.66. The topological polar surface area (TPSA) is 26.3 Å². The Hall–Kier alpha value is -0.320. The van der Waals surface area contributed by atoms with E-state index in [0.29, 0.717) is 12.2 Å². The molecule has 2 nitrogen and oxygen atoms in total. The molecule has 1 spiro atoms. The van der Waals surface area contributed by atoms with Gasteiger partial charge in [0, 0.05) is 23.4 Å². The molecule has 2 saturated heterocycles. The van der Waals surface area contributed by atoms with Crippen LogP contribution in [0.4, 0.5) is 0 Å². The zero-order valence-electron chi connectivity index (χ0n) is 12.1. The van der Waals surface area contributed by atoms with Crippen molar-refractivity contribution in [1.29, 1.82) is 0 Å². The van der Waals surface area contributed by atoms with Crippen LogP contribution in [0.25, 0.3) is 0 Å². The van der Waals surface area contributed by atoms with Gasteiger partial charge in [-0.2, -0.15) is 11.8 Å². The van der Waals surface area contributed by atoms with E-state index < -0.39 is 0 Å². The number of thioether (sulfide) groups is 1. The van der Waals surface area contributed by atoms with Crippen LogP contribution >= 0.6 is 27.7 Å². The SMILES string of the molecule is O=C(Cc1cccc(Br)c1)C1CCOC2(CCSCC2)C1. The smallest absolute Gasteiger partial charge is 0.140 e. The molecule has 2 aliphatic rings. The summed E-state index contributed by atoms with van der Waals surface area (Å²) < 4.78 is 7.13. The van der Waals surface area contributed by atoms with E-state index >= 15 is 0 Å². The van der Waals surface area contributed by atoms with Crippen molar-refractivity contribution in [3.63, 3.8) is 0 Å². The van der Waals surface area contributed by atoms with Crippen LogP contribution in [-0.2, 0) is 16.0 Å². The van der Waals surface area contributed by atoms with Crippen molar-refractivity contribution in [1.82, 2.24) is 0 Å². The van der Waals surface area contributed by atoms with Crippen LogP contribution in [0.3, 0.4) is 0 Å². The summed E-state index contributed by atoms with van der Waals surface area (Å²) >= 11 is 5.48. The quantitative estimate of drug-likeness (QED) is 0.797. The van der Waals surface area contributed by atoms with Gasteiger partial charge in [-0.05, 0) is 54.9 Å². The second-order valence-corrected chi connectivity index (χ2v) is 8.25. The van der Waals surface area contributed by atoms with Crippen LogP contribution in [0.2, 0.25) is 0 Å². The molecule has 0 aromatic heterocycles. The van der Waals surface area contributed by atoms with Gasteiger partial charge in [-0.25, -0.2) is 0 Å². The van der Waals surface area contributed by atoms with Crippen molar-refractivity contribution in [2.45, 2.75) is 37.7 Å². The highest BCUT2D eigenvalue weighted by Gasteiger charge is 2.40. The number of halogens is 1. The van der Waals surface area contributed by atoms with Crippen molar-refractivity contribution in [2.24, 2.45) is 5.92 Å². The Labute approximate surface area is 139 Å². The number of hydrogen-bond donors (Lipinski definition) is 0. The molecule has 21 heavy (non-hydrogen) atoms. The number of carbonyl (C=O) groups excluding carboxylic acids is 1. The maximum absolute atomic E-state index is 12.6. The summed E-state index contributed by atoms with van der Waals surface area (Å²) in [4.78, 5) is 12.6. The number of ketones is 1. The number of rotatable bonds is 3. The van der Waals surface area contributed by atoms with Crippen molar-refractivity contribution >= 4 is 33.5 Å². The zero-order valence-corrected chi connectivity index (χ0v) is 14.5. The van der Waals surface area contributed by atoms with E-state index in [0.717, 1.165) is 42.3 Å². The Balaban J connectivity index is 1.64. The molecule has 4 heteroatoms. The average Bonchev–Trinajstić information content (AvgIpc) is 2.48. The number of Topliss-reactive ketones (excluding diaryl/α,β-unsaturated/α-hetero) is 1. The van der Waals surface area contributed by atoms with Gasteiger partial charge in [0.2, 0.25) is 0 Å². The minimum Gasteiger partial charge on any atom is -0.375 e. The summed E-state index contributed by atoms with van der Waals surface area (Å²) in [5, 5.41) is 0. The van der Waals surface area contributed by atoms with Crippen molar-refractivity contribution in [3.8, 4) is 0 Å². The fraction of sp³-hybridized carbons (Fsp3) is 0.588. The lowest BCUT2D eigenvalue weighted by atomic mass is 9.79. The molecule has 1 atom stereocenters. The summed E-state index contributed by atoms with van der Waals surface area (Å²) in [5.41, 5.74) is 1.11. The van der Waals surface area contributed by atoms with Crippen LogP contribution in [0, 0.1) is 5.92 Å². The largest absolute Gasteiger partial charge is 0.375 e. The van der Waals surface area contributed by atoms with Gasteiger partial charge in [0.15, 0.2) is 0 Å². The van der Waals surface area contributed by atoms with Gasteiger partial charge in [-0.3, -0.25) is 4.79 Å². The summed E-state index contributed by atoms with van der Waals surface area (Å²) in [5.74, 6) is 2.91. The lowest BCUT2D eigenvalue weighted by Crippen LogP contribution is -2.44. The van der Waals surface area contributed by atoms with Gasteiger partial charge in [0.25, 0.3) is 0 Å². The van der Waals surface area contributed by atoms with Crippen molar-refractivity contribution in [2.75, 3.05) is 18.1 Å². The van der Waals surface area contributed by atoms with E-state index in [2.05, 4.69) is 15.9 Å². The normalized spacial score (nSPS) is 24.9. The van der Waals surface area contributed by atoms with Crippen LogP contribution < -0.4 is 0 Å². The van der Waals surface area contributed by atoms with E-state index in [9.17, 15) is 4.79 Å². The predicted molar refractivity (Wildman–Crippen MR) is 90.8 cm³/mol. The first-order chi connectivity index (χ1) is 10.2. The van der Waals surface area contributed by atoms with Gasteiger partial charge < -0.3 is 4.74 Å². The predicted octanol–water partition coefficient (Wildman–Crippen LogP) is 4.25. The van der Waals surface area contributed by atoms with Gasteiger partial charge in [0.05, 0.1) is 5.60 Å². The molecule has 1 aromatic carbocycles. The molecule has 114 valence electrons. The van der Waals surface area contributed by atoms with E-state index in [1.54, 1.807) is 0 Å². The molecule has 0 N–H and O–H groups in total. The van der Waals surface area contributed by atoms with E-state index in [1.807, 2.05) is 36.0 Å². The molecule has 0 amide bonds. The van der Waals surface area contributed by atoms with Gasteiger partial charge in [-0.1, -0.05) is 28.1 Å². The second-order valence-electron chi connectivity index (χ2n) is 6.11. The Morgan fingerprint density at radius 2 is 2.19 bits per heavy atom. The monoisotopic (exact) mass is 368 g/mol. The van der Waals surface area contributed by atoms with E-state index in [1.165, 1.54) is 11.5 Å². The number of benzene rings is 1. The zero-order chi connectivity index (χ0) is 14.7. The minimum absolute atomic E-state index is 0.00109. The van der Waals surface area contributed by atoms with Gasteiger partial charge in [-0.15, -0.1) is 0 Å². The second kappa shape index (κ2) is 6.84. The van der Waals surface area contributed by atoms with Gasteiger partial charge >= 0.3 is 0 Å². The van der Waals surface area contributed by atoms with Crippen LogP contribution in [0.5, 0.6) is 0 Å². The Bertz CT molecular complexity index is 506. The highest BCUT2D eigenvalue weighted by Crippen LogP contribution is 2.40. The number of ether oxygens (including phenoxy) is 1. The molecule has 1 aromatic rings. The maximum atomic E-state index is 12.6. The third-order valence-electron chi connectivity index (χ3n) is 4.62. The fourth-order valence-corrected chi connectivity index (χ4v) is 5.07. The average molecular weight is 369 g/mol. The molecule has 0 bridgehead atoms. The fourth-order valence-electron chi connectivity index (χ4n) is 3.39. The first-order valence-corrected chi connectivity index (χ1v) is 9.61. The third-order valence-corrected chi connectivity index (χ3v) is 6.10.